The van der Waals surface area contributed by atoms with Crippen LogP contribution in [0.1, 0.15) is 11.1 Å². The van der Waals surface area contributed by atoms with Gasteiger partial charge in [0.05, 0.1) is 12.8 Å². The first-order valence-electron chi connectivity index (χ1n) is 5.74. The zero-order valence-corrected chi connectivity index (χ0v) is 13.0. The number of aliphatic imine (C=N–C) groups is 1. The predicted octanol–water partition coefficient (Wildman–Crippen LogP) is 5.17. The van der Waals surface area contributed by atoms with E-state index in [0.717, 1.165) is 32.1 Å². The second kappa shape index (κ2) is 6.22. The molecule has 0 bridgehead atoms. The molecule has 0 aromatic heterocycles. The molecule has 2 aromatic rings. The molecule has 0 fully saturated rings. The molecule has 2 nitrogen and oxygen atoms in total. The monoisotopic (exact) mass is 337 g/mol. The fourth-order valence-corrected chi connectivity index (χ4v) is 2.17. The summed E-state index contributed by atoms with van der Waals surface area (Å²) < 4.78 is 6.28. The summed E-state index contributed by atoms with van der Waals surface area (Å²) in [4.78, 5) is 4.42. The topological polar surface area (TPSA) is 21.6 Å². The van der Waals surface area contributed by atoms with Gasteiger partial charge in [-0.05, 0) is 42.8 Å². The first kappa shape index (κ1) is 14.1. The van der Waals surface area contributed by atoms with Crippen molar-refractivity contribution in [1.82, 2.24) is 0 Å². The number of hydrogen-bond acceptors (Lipinski definition) is 2. The summed E-state index contributed by atoms with van der Waals surface area (Å²) in [6.07, 6.45) is 1.77. The molecule has 2 aromatic carbocycles. The number of aryl methyl sites for hydroxylation is 1. The maximum absolute atomic E-state index is 6.07. The van der Waals surface area contributed by atoms with E-state index in [1.54, 1.807) is 13.3 Å². The highest BCUT2D eigenvalue weighted by Crippen LogP contribution is 2.24. The van der Waals surface area contributed by atoms with Gasteiger partial charge in [-0.25, -0.2) is 0 Å². The van der Waals surface area contributed by atoms with Crippen LogP contribution in [-0.2, 0) is 0 Å². The molecule has 0 atom stereocenters. The largest absolute Gasteiger partial charge is 0.496 e. The lowest BCUT2D eigenvalue weighted by molar-refractivity contribution is 0.414. The van der Waals surface area contributed by atoms with Crippen LogP contribution in [0.2, 0.25) is 5.02 Å². The minimum absolute atomic E-state index is 0.718. The van der Waals surface area contributed by atoms with Crippen molar-refractivity contribution in [3.05, 3.63) is 57.0 Å². The minimum atomic E-state index is 0.718. The van der Waals surface area contributed by atoms with Crippen molar-refractivity contribution in [1.29, 1.82) is 0 Å². The molecule has 0 saturated carbocycles. The van der Waals surface area contributed by atoms with Crippen molar-refractivity contribution < 1.29 is 4.74 Å². The Hall–Kier alpha value is -1.32. The molecule has 0 saturated heterocycles. The Labute approximate surface area is 126 Å². The van der Waals surface area contributed by atoms with Crippen LogP contribution in [0.25, 0.3) is 0 Å². The molecule has 98 valence electrons. The fraction of sp³-hybridized carbons (Fsp3) is 0.133. The van der Waals surface area contributed by atoms with Crippen molar-refractivity contribution in [3.8, 4) is 5.75 Å². The van der Waals surface area contributed by atoms with Crippen LogP contribution in [0.15, 0.2) is 45.9 Å². The normalized spacial score (nSPS) is 10.9. The van der Waals surface area contributed by atoms with Gasteiger partial charge in [0.2, 0.25) is 0 Å². The molecular weight excluding hydrogens is 326 g/mol. The Bertz CT molecular complexity index is 626. The molecule has 0 amide bonds. The molecule has 4 heteroatoms. The molecule has 0 heterocycles. The van der Waals surface area contributed by atoms with Crippen LogP contribution < -0.4 is 4.74 Å². The Morgan fingerprint density at radius 2 is 2.00 bits per heavy atom. The number of halogens is 2. The van der Waals surface area contributed by atoms with Gasteiger partial charge in [-0.3, -0.25) is 4.99 Å². The third-order valence-electron chi connectivity index (χ3n) is 2.70. The van der Waals surface area contributed by atoms with Crippen LogP contribution in [0.4, 0.5) is 5.69 Å². The van der Waals surface area contributed by atoms with Gasteiger partial charge < -0.3 is 4.74 Å². The number of nitrogens with zero attached hydrogens (tertiary/aromatic N) is 1. The van der Waals surface area contributed by atoms with Gasteiger partial charge in [0.15, 0.2) is 0 Å². The lowest BCUT2D eigenvalue weighted by Crippen LogP contribution is -1.90. The number of ether oxygens (including phenoxy) is 1. The molecule has 2 rings (SSSR count). The van der Waals surface area contributed by atoms with Crippen LogP contribution in [0.3, 0.4) is 0 Å². The highest BCUT2D eigenvalue weighted by molar-refractivity contribution is 9.10. The second-order valence-electron chi connectivity index (χ2n) is 4.08. The van der Waals surface area contributed by atoms with Crippen molar-refractivity contribution in [3.63, 3.8) is 0 Å². The summed E-state index contributed by atoms with van der Waals surface area (Å²) in [6, 6.07) is 11.5. The number of rotatable bonds is 3. The maximum atomic E-state index is 6.07. The van der Waals surface area contributed by atoms with E-state index in [-0.39, 0.29) is 0 Å². The summed E-state index contributed by atoms with van der Waals surface area (Å²) in [5.41, 5.74) is 2.77. The van der Waals surface area contributed by atoms with Crippen molar-refractivity contribution >= 4 is 39.4 Å². The predicted molar refractivity (Wildman–Crippen MR) is 84.1 cm³/mol. The number of hydrogen-bond donors (Lipinski definition) is 0. The zero-order valence-electron chi connectivity index (χ0n) is 10.7. The van der Waals surface area contributed by atoms with Gasteiger partial charge in [0.25, 0.3) is 0 Å². The molecule has 0 spiro atoms. The molecule has 0 radical (unpaired) electrons. The molecule has 0 aliphatic rings. The Morgan fingerprint density at radius 1 is 1.21 bits per heavy atom. The summed E-state index contributed by atoms with van der Waals surface area (Å²) in [6.45, 7) is 1.97. The SMILES string of the molecule is COc1ccc(Br)cc1C=Nc1ccc(C)c(Cl)c1. The molecule has 0 N–H and O–H groups in total. The summed E-state index contributed by atoms with van der Waals surface area (Å²) in [7, 11) is 1.64. The van der Waals surface area contributed by atoms with E-state index in [4.69, 9.17) is 16.3 Å². The van der Waals surface area contributed by atoms with E-state index >= 15 is 0 Å². The van der Waals surface area contributed by atoms with Crippen LogP contribution in [0, 0.1) is 6.92 Å². The number of methoxy groups -OCH3 is 1. The zero-order chi connectivity index (χ0) is 13.8. The summed E-state index contributed by atoms with van der Waals surface area (Å²) in [5, 5.41) is 0.718. The first-order chi connectivity index (χ1) is 9.10. The van der Waals surface area contributed by atoms with Crippen LogP contribution in [-0.4, -0.2) is 13.3 Å². The average Bonchev–Trinajstić information content (AvgIpc) is 2.40. The molecular formula is C15H13BrClNO. The maximum Gasteiger partial charge on any atom is 0.127 e. The van der Waals surface area contributed by atoms with Crippen LogP contribution in [0.5, 0.6) is 5.75 Å². The number of benzene rings is 2. The Morgan fingerprint density at radius 3 is 2.68 bits per heavy atom. The molecule has 0 aliphatic heterocycles. The average molecular weight is 339 g/mol. The fourth-order valence-electron chi connectivity index (χ4n) is 1.61. The van der Waals surface area contributed by atoms with Crippen molar-refractivity contribution in [2.75, 3.05) is 7.11 Å². The van der Waals surface area contributed by atoms with Gasteiger partial charge in [-0.1, -0.05) is 33.6 Å². The van der Waals surface area contributed by atoms with E-state index in [2.05, 4.69) is 20.9 Å². The van der Waals surface area contributed by atoms with E-state index in [9.17, 15) is 0 Å². The first-order valence-corrected chi connectivity index (χ1v) is 6.91. The summed E-state index contributed by atoms with van der Waals surface area (Å²) in [5.74, 6) is 0.783. The van der Waals surface area contributed by atoms with Crippen molar-refractivity contribution in [2.24, 2.45) is 4.99 Å². The smallest absolute Gasteiger partial charge is 0.127 e. The van der Waals surface area contributed by atoms with Crippen LogP contribution >= 0.6 is 27.5 Å². The van der Waals surface area contributed by atoms with E-state index < -0.39 is 0 Å². The van der Waals surface area contributed by atoms with Gasteiger partial charge in [-0.2, -0.15) is 0 Å². The Kier molecular flexibility index (Phi) is 4.61. The lowest BCUT2D eigenvalue weighted by atomic mass is 10.2. The van der Waals surface area contributed by atoms with Gasteiger partial charge >= 0.3 is 0 Å². The second-order valence-corrected chi connectivity index (χ2v) is 5.40. The standard InChI is InChI=1S/C15H13BrClNO/c1-10-3-5-13(8-14(10)17)18-9-11-7-12(16)4-6-15(11)19-2/h3-9H,1-2H3. The molecule has 19 heavy (non-hydrogen) atoms. The van der Waals surface area contributed by atoms with Gasteiger partial charge in [-0.15, -0.1) is 0 Å². The Balaban J connectivity index is 2.31. The van der Waals surface area contributed by atoms with E-state index in [1.807, 2.05) is 43.3 Å². The highest BCUT2D eigenvalue weighted by atomic mass is 79.9. The van der Waals surface area contributed by atoms with Crippen molar-refractivity contribution in [2.45, 2.75) is 6.92 Å². The molecule has 0 unspecified atom stereocenters. The van der Waals surface area contributed by atoms with Gasteiger partial charge in [0.1, 0.15) is 5.75 Å². The quantitative estimate of drug-likeness (QED) is 0.707. The summed E-state index contributed by atoms with van der Waals surface area (Å²) >= 11 is 9.51. The van der Waals surface area contributed by atoms with E-state index in [0.29, 0.717) is 0 Å². The third kappa shape index (κ3) is 3.58. The third-order valence-corrected chi connectivity index (χ3v) is 3.60. The highest BCUT2D eigenvalue weighted by Gasteiger charge is 2.01. The van der Waals surface area contributed by atoms with E-state index in [1.165, 1.54) is 0 Å². The minimum Gasteiger partial charge on any atom is -0.496 e. The van der Waals surface area contributed by atoms with Gasteiger partial charge in [0, 0.05) is 21.3 Å². The molecule has 0 aliphatic carbocycles. The lowest BCUT2D eigenvalue weighted by Gasteiger charge is -2.04.